The van der Waals surface area contributed by atoms with Gasteiger partial charge in [-0.05, 0) is 57.6 Å². The molecule has 0 saturated heterocycles. The van der Waals surface area contributed by atoms with E-state index in [1.807, 2.05) is 24.3 Å². The monoisotopic (exact) mass is 459 g/mol. The molecule has 1 aliphatic rings. The molecule has 1 aromatic carbocycles. The van der Waals surface area contributed by atoms with E-state index in [1.54, 1.807) is 7.11 Å². The smallest absolute Gasteiger partial charge is 0.230 e. The Morgan fingerprint density at radius 3 is 2.41 bits per heavy atom. The number of rotatable bonds is 9. The molecule has 32 heavy (non-hydrogen) atoms. The first kappa shape index (κ1) is 24.6. The third kappa shape index (κ3) is 6.48. The summed E-state index contributed by atoms with van der Waals surface area (Å²) in [5.74, 6) is 2.09. The number of ether oxygens (including phenoxy) is 1. The van der Waals surface area contributed by atoms with Crippen molar-refractivity contribution in [3.05, 3.63) is 30.1 Å². The summed E-state index contributed by atoms with van der Waals surface area (Å²) in [4.78, 5) is 14.9. The van der Waals surface area contributed by atoms with Crippen LogP contribution in [0.2, 0.25) is 0 Å². The summed E-state index contributed by atoms with van der Waals surface area (Å²) in [6.45, 7) is 2.15. The van der Waals surface area contributed by atoms with Gasteiger partial charge < -0.3 is 10.1 Å². The van der Waals surface area contributed by atoms with E-state index in [0.29, 0.717) is 11.8 Å². The molecule has 0 spiro atoms. The van der Waals surface area contributed by atoms with Crippen LogP contribution in [-0.4, -0.2) is 58.6 Å². The van der Waals surface area contributed by atoms with Crippen molar-refractivity contribution in [1.29, 1.82) is 0 Å². The molecule has 2 aromatic rings. The second-order valence-electron chi connectivity index (χ2n) is 8.66. The molecule has 1 fully saturated rings. The maximum Gasteiger partial charge on any atom is 0.230 e. The first-order valence-electron chi connectivity index (χ1n) is 11.7. The number of aromatic nitrogens is 3. The number of nitrogens with zero attached hydrogens (tertiary/aromatic N) is 4. The van der Waals surface area contributed by atoms with Crippen LogP contribution >= 0.6 is 11.8 Å². The summed E-state index contributed by atoms with van der Waals surface area (Å²) in [7, 11) is 5.77. The molecule has 1 aromatic heterocycles. The molecule has 0 aliphatic heterocycles. The summed E-state index contributed by atoms with van der Waals surface area (Å²) in [6.07, 6.45) is 9.37. The lowest BCUT2D eigenvalue weighted by Crippen LogP contribution is -2.36. The van der Waals surface area contributed by atoms with E-state index in [4.69, 9.17) is 4.74 Å². The number of carbonyl (C=O) groups is 1. The molecule has 176 valence electrons. The summed E-state index contributed by atoms with van der Waals surface area (Å²) in [5, 5.41) is 13.0. The van der Waals surface area contributed by atoms with Gasteiger partial charge in [-0.2, -0.15) is 0 Å². The average molecular weight is 460 g/mol. The van der Waals surface area contributed by atoms with Gasteiger partial charge >= 0.3 is 0 Å². The highest BCUT2D eigenvalue weighted by molar-refractivity contribution is 7.99. The predicted octanol–water partition coefficient (Wildman–Crippen LogP) is 4.61. The Hall–Kier alpha value is -2.06. The van der Waals surface area contributed by atoms with Crippen LogP contribution in [0, 0.1) is 0 Å². The second kappa shape index (κ2) is 12.3. The minimum Gasteiger partial charge on any atom is -0.497 e. The van der Waals surface area contributed by atoms with Crippen molar-refractivity contribution >= 4 is 17.7 Å². The molecule has 1 atom stereocenters. The highest BCUT2D eigenvalue weighted by Crippen LogP contribution is 2.29. The van der Waals surface area contributed by atoms with E-state index in [1.165, 1.54) is 43.9 Å². The third-order valence-electron chi connectivity index (χ3n) is 6.10. The highest BCUT2D eigenvalue weighted by Gasteiger charge is 2.24. The Kier molecular flexibility index (Phi) is 9.41. The van der Waals surface area contributed by atoms with Crippen LogP contribution in [0.3, 0.4) is 0 Å². The molecular formula is C24H37N5O2S. The van der Waals surface area contributed by atoms with Gasteiger partial charge in [0, 0.05) is 11.7 Å². The normalized spacial score (nSPS) is 16.4. The third-order valence-corrected chi connectivity index (χ3v) is 7.03. The molecule has 1 aliphatic carbocycles. The van der Waals surface area contributed by atoms with E-state index < -0.39 is 0 Å². The fourth-order valence-electron chi connectivity index (χ4n) is 4.34. The van der Waals surface area contributed by atoms with Crippen molar-refractivity contribution in [2.45, 2.75) is 75.5 Å². The molecule has 0 radical (unpaired) electrons. The zero-order chi connectivity index (χ0) is 22.9. The van der Waals surface area contributed by atoms with Gasteiger partial charge in [0.25, 0.3) is 0 Å². The number of benzene rings is 1. The lowest BCUT2D eigenvalue weighted by Gasteiger charge is -2.23. The van der Waals surface area contributed by atoms with Gasteiger partial charge in [-0.1, -0.05) is 50.8 Å². The molecule has 0 bridgehead atoms. The van der Waals surface area contributed by atoms with Gasteiger partial charge in [0.1, 0.15) is 5.75 Å². The van der Waals surface area contributed by atoms with E-state index in [9.17, 15) is 4.79 Å². The molecule has 1 N–H and O–H groups in total. The molecule has 1 amide bonds. The van der Waals surface area contributed by atoms with Crippen molar-refractivity contribution < 1.29 is 9.53 Å². The number of hydrogen-bond acceptors (Lipinski definition) is 6. The lowest BCUT2D eigenvalue weighted by atomic mass is 9.97. The van der Waals surface area contributed by atoms with Crippen molar-refractivity contribution in [1.82, 2.24) is 25.0 Å². The first-order valence-corrected chi connectivity index (χ1v) is 12.7. The lowest BCUT2D eigenvalue weighted by molar-refractivity contribution is -0.119. The van der Waals surface area contributed by atoms with Gasteiger partial charge in [-0.25, -0.2) is 0 Å². The van der Waals surface area contributed by atoms with Gasteiger partial charge in [-0.15, -0.1) is 10.2 Å². The molecule has 1 heterocycles. The zero-order valence-electron chi connectivity index (χ0n) is 19.8. The number of carbonyl (C=O) groups excluding carboxylic acids is 1. The van der Waals surface area contributed by atoms with Crippen molar-refractivity contribution in [3.8, 4) is 11.4 Å². The quantitative estimate of drug-likeness (QED) is 0.552. The average Bonchev–Trinajstić information content (AvgIpc) is 3.18. The number of hydrogen-bond donors (Lipinski definition) is 1. The molecule has 1 saturated carbocycles. The van der Waals surface area contributed by atoms with E-state index in [0.717, 1.165) is 41.7 Å². The minimum absolute atomic E-state index is 0.0751. The van der Waals surface area contributed by atoms with E-state index >= 15 is 0 Å². The fourth-order valence-corrected chi connectivity index (χ4v) is 5.11. The SMILES string of the molecule is CCC(c1nnc(SCC(=O)NC2CCCCCCC2)n1-c1ccc(OC)cc1)N(C)C. The van der Waals surface area contributed by atoms with Crippen molar-refractivity contribution in [2.24, 2.45) is 0 Å². The van der Waals surface area contributed by atoms with Crippen LogP contribution < -0.4 is 10.1 Å². The summed E-state index contributed by atoms with van der Waals surface area (Å²) < 4.78 is 7.39. The van der Waals surface area contributed by atoms with Crippen molar-refractivity contribution in [2.75, 3.05) is 27.0 Å². The Morgan fingerprint density at radius 1 is 1.16 bits per heavy atom. The van der Waals surface area contributed by atoms with Crippen LogP contribution in [0.4, 0.5) is 0 Å². The maximum absolute atomic E-state index is 12.7. The Bertz CT molecular complexity index is 845. The highest BCUT2D eigenvalue weighted by atomic mass is 32.2. The summed E-state index contributed by atoms with van der Waals surface area (Å²) in [5.41, 5.74) is 0.967. The minimum atomic E-state index is 0.0751. The van der Waals surface area contributed by atoms with Crippen LogP contribution in [0.5, 0.6) is 5.75 Å². The van der Waals surface area contributed by atoms with E-state index in [-0.39, 0.29) is 11.9 Å². The Balaban J connectivity index is 1.76. The van der Waals surface area contributed by atoms with Crippen LogP contribution in [-0.2, 0) is 4.79 Å². The van der Waals surface area contributed by atoms with Crippen LogP contribution in [0.15, 0.2) is 29.4 Å². The topological polar surface area (TPSA) is 72.3 Å². The van der Waals surface area contributed by atoms with Crippen LogP contribution in [0.25, 0.3) is 5.69 Å². The van der Waals surface area contributed by atoms with Gasteiger partial charge in [0.15, 0.2) is 11.0 Å². The van der Waals surface area contributed by atoms with Gasteiger partial charge in [0.2, 0.25) is 5.91 Å². The number of thioether (sulfide) groups is 1. The fraction of sp³-hybridized carbons (Fsp3) is 0.625. The number of methoxy groups -OCH3 is 1. The standard InChI is InChI=1S/C24H37N5O2S/c1-5-21(28(2)3)23-26-27-24(29(23)19-13-15-20(31-4)16-14-19)32-17-22(30)25-18-11-9-7-6-8-10-12-18/h13-16,18,21H,5-12,17H2,1-4H3,(H,25,30). The molecule has 1 unspecified atom stereocenters. The first-order chi connectivity index (χ1) is 15.5. The molecule has 8 heteroatoms. The largest absolute Gasteiger partial charge is 0.497 e. The van der Waals surface area contributed by atoms with E-state index in [2.05, 4.69) is 46.0 Å². The molecule has 7 nitrogen and oxygen atoms in total. The van der Waals surface area contributed by atoms with Crippen LogP contribution in [0.1, 0.15) is 70.2 Å². The summed E-state index contributed by atoms with van der Waals surface area (Å²) in [6, 6.07) is 8.32. The van der Waals surface area contributed by atoms with Gasteiger partial charge in [0.05, 0.1) is 18.9 Å². The Labute approximate surface area is 196 Å². The number of nitrogens with one attached hydrogen (secondary N) is 1. The number of amides is 1. The maximum atomic E-state index is 12.7. The van der Waals surface area contributed by atoms with Crippen molar-refractivity contribution in [3.63, 3.8) is 0 Å². The second-order valence-corrected chi connectivity index (χ2v) is 9.60. The summed E-state index contributed by atoms with van der Waals surface area (Å²) >= 11 is 1.45. The Morgan fingerprint density at radius 2 is 1.81 bits per heavy atom. The van der Waals surface area contributed by atoms with Gasteiger partial charge in [-0.3, -0.25) is 14.3 Å². The molecule has 3 rings (SSSR count). The zero-order valence-corrected chi connectivity index (χ0v) is 20.7. The molecular weight excluding hydrogens is 422 g/mol. The predicted molar refractivity (Wildman–Crippen MR) is 130 cm³/mol.